The van der Waals surface area contributed by atoms with Crippen LogP contribution in [0, 0.1) is 17.5 Å². The van der Waals surface area contributed by atoms with Crippen molar-refractivity contribution in [1.29, 1.82) is 0 Å². The normalized spacial score (nSPS) is 10.8. The molecule has 84 valence electrons. The van der Waals surface area contributed by atoms with Gasteiger partial charge in [-0.15, -0.1) is 5.10 Å². The smallest absolute Gasteiger partial charge is 0.184 e. The lowest BCUT2D eigenvalue weighted by molar-refractivity contribution is 0.487. The molecule has 0 aliphatic rings. The fourth-order valence-electron chi connectivity index (χ4n) is 1.19. The molecule has 2 rings (SSSR count). The van der Waals surface area contributed by atoms with Gasteiger partial charge in [0.15, 0.2) is 11.6 Å². The quantitative estimate of drug-likeness (QED) is 0.629. The molecule has 0 saturated carbocycles. The maximum absolute atomic E-state index is 13.3. The third-order valence-electron chi connectivity index (χ3n) is 1.90. The van der Waals surface area contributed by atoms with E-state index >= 15 is 0 Å². The first-order valence-corrected chi connectivity index (χ1v) is 5.36. The largest absolute Gasteiger partial charge is 0.217 e. The fourth-order valence-corrected chi connectivity index (χ4v) is 1.44. The molecule has 0 atom stereocenters. The zero-order valence-corrected chi connectivity index (χ0v) is 9.38. The van der Waals surface area contributed by atoms with Crippen LogP contribution in [0.1, 0.15) is 5.69 Å². The first kappa shape index (κ1) is 11.1. The van der Waals surface area contributed by atoms with Crippen LogP contribution in [0.4, 0.5) is 13.2 Å². The Hall–Kier alpha value is -1.37. The van der Waals surface area contributed by atoms with Crippen LogP contribution >= 0.6 is 15.9 Å². The van der Waals surface area contributed by atoms with E-state index < -0.39 is 17.5 Å². The molecule has 0 aliphatic heterocycles. The molecule has 3 nitrogen and oxygen atoms in total. The summed E-state index contributed by atoms with van der Waals surface area (Å²) in [4.78, 5) is 0. The Bertz CT molecular complexity index is 527. The molecule has 16 heavy (non-hydrogen) atoms. The highest BCUT2D eigenvalue weighted by Crippen LogP contribution is 2.18. The van der Waals surface area contributed by atoms with Gasteiger partial charge < -0.3 is 0 Å². The van der Waals surface area contributed by atoms with Crippen LogP contribution in [0.5, 0.6) is 0 Å². The standard InChI is InChI=1S/C9H5BrF3N3/c10-3-6-4-16(15-14-6)8-2-5(11)1-7(12)9(8)13/h1-2,4H,3H2. The zero-order valence-electron chi connectivity index (χ0n) is 7.79. The summed E-state index contributed by atoms with van der Waals surface area (Å²) in [7, 11) is 0. The van der Waals surface area contributed by atoms with E-state index in [2.05, 4.69) is 26.2 Å². The van der Waals surface area contributed by atoms with Crippen LogP contribution in [0.15, 0.2) is 18.3 Å². The second kappa shape index (κ2) is 4.25. The molecular formula is C9H5BrF3N3. The van der Waals surface area contributed by atoms with Gasteiger partial charge in [0.25, 0.3) is 0 Å². The van der Waals surface area contributed by atoms with Gasteiger partial charge in [0, 0.05) is 17.5 Å². The third kappa shape index (κ3) is 1.95. The summed E-state index contributed by atoms with van der Waals surface area (Å²) in [5.41, 5.74) is 0.223. The fraction of sp³-hybridized carbons (Fsp3) is 0.111. The molecular weight excluding hydrogens is 287 g/mol. The van der Waals surface area contributed by atoms with E-state index in [0.29, 0.717) is 17.1 Å². The highest BCUT2D eigenvalue weighted by Gasteiger charge is 2.14. The topological polar surface area (TPSA) is 30.7 Å². The summed E-state index contributed by atoms with van der Waals surface area (Å²) in [6, 6.07) is 1.33. The lowest BCUT2D eigenvalue weighted by Crippen LogP contribution is -2.02. The summed E-state index contributed by atoms with van der Waals surface area (Å²) in [5, 5.41) is 7.65. The molecule has 0 amide bonds. The van der Waals surface area contributed by atoms with E-state index in [4.69, 9.17) is 0 Å². The highest BCUT2D eigenvalue weighted by molar-refractivity contribution is 9.08. The SMILES string of the molecule is Fc1cc(F)c(F)c(-n2cc(CBr)nn2)c1. The molecule has 0 fully saturated rings. The Balaban J connectivity index is 2.54. The van der Waals surface area contributed by atoms with Crippen molar-refractivity contribution in [3.63, 3.8) is 0 Å². The van der Waals surface area contributed by atoms with Gasteiger partial charge in [-0.25, -0.2) is 17.9 Å². The summed E-state index contributed by atoms with van der Waals surface area (Å²) in [5.74, 6) is -3.29. The molecule has 0 radical (unpaired) electrons. The summed E-state index contributed by atoms with van der Waals surface area (Å²) >= 11 is 3.13. The molecule has 0 bridgehead atoms. The van der Waals surface area contributed by atoms with Crippen molar-refractivity contribution in [2.24, 2.45) is 0 Å². The zero-order chi connectivity index (χ0) is 11.7. The van der Waals surface area contributed by atoms with Gasteiger partial charge in [0.1, 0.15) is 11.5 Å². The molecule has 2 aromatic rings. The average Bonchev–Trinajstić information content (AvgIpc) is 2.71. The predicted molar refractivity (Wildman–Crippen MR) is 53.9 cm³/mol. The lowest BCUT2D eigenvalue weighted by atomic mass is 10.3. The van der Waals surface area contributed by atoms with E-state index in [-0.39, 0.29) is 5.69 Å². The van der Waals surface area contributed by atoms with Gasteiger partial charge in [-0.3, -0.25) is 0 Å². The van der Waals surface area contributed by atoms with Gasteiger partial charge in [0.05, 0.1) is 11.9 Å². The van der Waals surface area contributed by atoms with Crippen molar-refractivity contribution < 1.29 is 13.2 Å². The van der Waals surface area contributed by atoms with Crippen LogP contribution in [0.25, 0.3) is 5.69 Å². The predicted octanol–water partition coefficient (Wildman–Crippen LogP) is 2.58. The van der Waals surface area contributed by atoms with Gasteiger partial charge in [-0.2, -0.15) is 0 Å². The van der Waals surface area contributed by atoms with Gasteiger partial charge >= 0.3 is 0 Å². The van der Waals surface area contributed by atoms with E-state index in [1.165, 1.54) is 6.20 Å². The van der Waals surface area contributed by atoms with E-state index in [1.807, 2.05) is 0 Å². The molecule has 0 spiro atoms. The average molecular weight is 292 g/mol. The summed E-state index contributed by atoms with van der Waals surface area (Å²) in [6.07, 6.45) is 1.38. The molecule has 0 N–H and O–H groups in total. The minimum absolute atomic E-state index is 0.308. The number of benzene rings is 1. The minimum atomic E-state index is -1.26. The molecule has 1 aromatic carbocycles. The molecule has 1 heterocycles. The molecule has 7 heteroatoms. The summed E-state index contributed by atoms with van der Waals surface area (Å²) < 4.78 is 40.2. The van der Waals surface area contributed by atoms with Crippen LogP contribution in [-0.4, -0.2) is 15.0 Å². The molecule has 0 aliphatic carbocycles. The van der Waals surface area contributed by atoms with Crippen LogP contribution in [0.3, 0.4) is 0 Å². The number of alkyl halides is 1. The van der Waals surface area contributed by atoms with Crippen LogP contribution in [-0.2, 0) is 5.33 Å². The van der Waals surface area contributed by atoms with E-state index in [0.717, 1.165) is 10.7 Å². The van der Waals surface area contributed by atoms with Crippen molar-refractivity contribution >= 4 is 15.9 Å². The maximum atomic E-state index is 13.3. The van der Waals surface area contributed by atoms with Crippen molar-refractivity contribution in [2.75, 3.05) is 0 Å². The second-order valence-electron chi connectivity index (χ2n) is 3.01. The number of halogens is 4. The Kier molecular flexibility index (Phi) is 2.95. The van der Waals surface area contributed by atoms with Gasteiger partial charge in [0.2, 0.25) is 0 Å². The van der Waals surface area contributed by atoms with E-state index in [1.54, 1.807) is 0 Å². The maximum Gasteiger partial charge on any atom is 0.184 e. The second-order valence-corrected chi connectivity index (χ2v) is 3.57. The number of hydrogen-bond acceptors (Lipinski definition) is 2. The first-order valence-electron chi connectivity index (χ1n) is 4.24. The monoisotopic (exact) mass is 291 g/mol. The van der Waals surface area contributed by atoms with Gasteiger partial charge in [-0.1, -0.05) is 21.1 Å². The van der Waals surface area contributed by atoms with Gasteiger partial charge in [-0.05, 0) is 0 Å². The Morgan fingerprint density at radius 2 is 2.00 bits per heavy atom. The molecule has 0 saturated heterocycles. The first-order chi connectivity index (χ1) is 7.61. The van der Waals surface area contributed by atoms with Crippen molar-refractivity contribution in [3.8, 4) is 5.69 Å². The number of hydrogen-bond donors (Lipinski definition) is 0. The Morgan fingerprint density at radius 1 is 1.25 bits per heavy atom. The number of aromatic nitrogens is 3. The van der Waals surface area contributed by atoms with Crippen LogP contribution in [0.2, 0.25) is 0 Å². The molecule has 1 aromatic heterocycles. The summed E-state index contributed by atoms with van der Waals surface area (Å²) in [6.45, 7) is 0. The highest BCUT2D eigenvalue weighted by atomic mass is 79.9. The Morgan fingerprint density at radius 3 is 2.62 bits per heavy atom. The lowest BCUT2D eigenvalue weighted by Gasteiger charge is -2.02. The van der Waals surface area contributed by atoms with Crippen molar-refractivity contribution in [2.45, 2.75) is 5.33 Å². The van der Waals surface area contributed by atoms with E-state index in [9.17, 15) is 13.2 Å². The number of nitrogens with zero attached hydrogens (tertiary/aromatic N) is 3. The van der Waals surface area contributed by atoms with Crippen molar-refractivity contribution in [1.82, 2.24) is 15.0 Å². The van der Waals surface area contributed by atoms with Crippen molar-refractivity contribution in [3.05, 3.63) is 41.5 Å². The van der Waals surface area contributed by atoms with Crippen LogP contribution < -0.4 is 0 Å². The number of rotatable bonds is 2. The third-order valence-corrected chi connectivity index (χ3v) is 2.47. The minimum Gasteiger partial charge on any atom is -0.217 e. The molecule has 0 unspecified atom stereocenters. The Labute approximate surface area is 97.0 Å².